The van der Waals surface area contributed by atoms with Gasteiger partial charge in [-0.2, -0.15) is 0 Å². The minimum atomic E-state index is -0.863. The first-order valence-corrected chi connectivity index (χ1v) is 6.25. The molecule has 2 N–H and O–H groups in total. The Morgan fingerprint density at radius 2 is 2.24 bits per heavy atom. The summed E-state index contributed by atoms with van der Waals surface area (Å²) < 4.78 is 0. The lowest BCUT2D eigenvalue weighted by Gasteiger charge is -2.12. The first-order chi connectivity index (χ1) is 8.18. The molecule has 0 saturated heterocycles. The van der Waals surface area contributed by atoms with E-state index in [2.05, 4.69) is 5.32 Å². The van der Waals surface area contributed by atoms with Crippen molar-refractivity contribution < 1.29 is 9.90 Å². The van der Waals surface area contributed by atoms with Crippen molar-refractivity contribution in [3.8, 4) is 0 Å². The number of nitrogens with one attached hydrogen (secondary N) is 1. The number of carboxylic acid groups (broad SMARTS) is 1. The van der Waals surface area contributed by atoms with Gasteiger partial charge in [0.1, 0.15) is 0 Å². The van der Waals surface area contributed by atoms with E-state index >= 15 is 0 Å². The molecule has 0 unspecified atom stereocenters. The molecule has 1 saturated carbocycles. The maximum atomic E-state index is 11.1. The van der Waals surface area contributed by atoms with Gasteiger partial charge < -0.3 is 10.4 Å². The Morgan fingerprint density at radius 1 is 1.47 bits per heavy atom. The quantitative estimate of drug-likeness (QED) is 0.741. The highest BCUT2D eigenvalue weighted by Crippen LogP contribution is 2.33. The van der Waals surface area contributed by atoms with Crippen molar-refractivity contribution in [2.24, 2.45) is 5.92 Å². The molecule has 0 aromatic heterocycles. The predicted octanol–water partition coefficient (Wildman–Crippen LogP) is 3.30. The average Bonchev–Trinajstić information content (AvgIpc) is 3.09. The molecule has 1 aromatic rings. The van der Waals surface area contributed by atoms with Crippen LogP contribution in [-0.2, 0) is 0 Å². The van der Waals surface area contributed by atoms with E-state index in [-0.39, 0.29) is 0 Å². The number of para-hydroxylation sites is 1. The van der Waals surface area contributed by atoms with Crippen LogP contribution in [0.4, 0.5) is 5.69 Å². The number of carboxylic acids is 1. The zero-order chi connectivity index (χ0) is 12.3. The van der Waals surface area contributed by atoms with Gasteiger partial charge in [-0.1, -0.05) is 25.0 Å². The van der Waals surface area contributed by atoms with Gasteiger partial charge in [-0.25, -0.2) is 4.79 Å². The Labute approximate surface area is 102 Å². The smallest absolute Gasteiger partial charge is 0.337 e. The fourth-order valence-electron chi connectivity index (χ4n) is 2.09. The third kappa shape index (κ3) is 3.22. The van der Waals surface area contributed by atoms with E-state index in [9.17, 15) is 4.79 Å². The van der Waals surface area contributed by atoms with Gasteiger partial charge in [-0.05, 0) is 37.3 Å². The normalized spacial score (nSPS) is 14.6. The SMILES string of the molecule is Cc1cccc(C(=O)O)c1NCCCC1CC1. The number of rotatable bonds is 6. The van der Waals surface area contributed by atoms with Crippen molar-refractivity contribution in [3.63, 3.8) is 0 Å². The van der Waals surface area contributed by atoms with Gasteiger partial charge in [0.2, 0.25) is 0 Å². The first-order valence-electron chi connectivity index (χ1n) is 6.25. The molecule has 1 aliphatic rings. The van der Waals surface area contributed by atoms with Crippen LogP contribution in [-0.4, -0.2) is 17.6 Å². The largest absolute Gasteiger partial charge is 0.478 e. The summed E-state index contributed by atoms with van der Waals surface area (Å²) in [4.78, 5) is 11.1. The molecule has 1 aliphatic carbocycles. The molecule has 0 heterocycles. The molecule has 3 nitrogen and oxygen atoms in total. The van der Waals surface area contributed by atoms with Crippen LogP contribution in [0.3, 0.4) is 0 Å². The summed E-state index contributed by atoms with van der Waals surface area (Å²) in [7, 11) is 0. The van der Waals surface area contributed by atoms with Gasteiger partial charge in [0, 0.05) is 6.54 Å². The fraction of sp³-hybridized carbons (Fsp3) is 0.500. The number of hydrogen-bond donors (Lipinski definition) is 2. The van der Waals surface area contributed by atoms with Crippen LogP contribution in [0.2, 0.25) is 0 Å². The summed E-state index contributed by atoms with van der Waals surface area (Å²) in [5.41, 5.74) is 2.14. The monoisotopic (exact) mass is 233 g/mol. The second kappa shape index (κ2) is 5.21. The van der Waals surface area contributed by atoms with E-state index < -0.39 is 5.97 Å². The second-order valence-corrected chi connectivity index (χ2v) is 4.82. The lowest BCUT2D eigenvalue weighted by Crippen LogP contribution is -2.09. The Bertz CT molecular complexity index is 411. The van der Waals surface area contributed by atoms with Crippen molar-refractivity contribution in [2.75, 3.05) is 11.9 Å². The van der Waals surface area contributed by atoms with E-state index in [0.717, 1.165) is 30.1 Å². The van der Waals surface area contributed by atoms with Crippen molar-refractivity contribution in [1.29, 1.82) is 0 Å². The van der Waals surface area contributed by atoms with Crippen molar-refractivity contribution in [1.82, 2.24) is 0 Å². The third-order valence-electron chi connectivity index (χ3n) is 3.29. The van der Waals surface area contributed by atoms with Crippen LogP contribution in [0.15, 0.2) is 18.2 Å². The Kier molecular flexibility index (Phi) is 3.67. The van der Waals surface area contributed by atoms with Crippen LogP contribution in [0.1, 0.15) is 41.6 Å². The number of carbonyl (C=O) groups is 1. The van der Waals surface area contributed by atoms with Gasteiger partial charge in [0.05, 0.1) is 11.3 Å². The number of benzene rings is 1. The molecule has 0 atom stereocenters. The number of hydrogen-bond acceptors (Lipinski definition) is 2. The molecule has 17 heavy (non-hydrogen) atoms. The highest BCUT2D eigenvalue weighted by atomic mass is 16.4. The van der Waals surface area contributed by atoms with Crippen LogP contribution in [0.5, 0.6) is 0 Å². The zero-order valence-corrected chi connectivity index (χ0v) is 10.2. The molecule has 3 heteroatoms. The summed E-state index contributed by atoms with van der Waals surface area (Å²) in [5.74, 6) is 0.0750. The lowest BCUT2D eigenvalue weighted by atomic mass is 10.1. The van der Waals surface area contributed by atoms with Gasteiger partial charge in [0.25, 0.3) is 0 Å². The minimum absolute atomic E-state index is 0.372. The minimum Gasteiger partial charge on any atom is -0.478 e. The lowest BCUT2D eigenvalue weighted by molar-refractivity contribution is 0.0698. The van der Waals surface area contributed by atoms with Gasteiger partial charge >= 0.3 is 5.97 Å². The molecule has 0 bridgehead atoms. The predicted molar refractivity (Wildman–Crippen MR) is 68.6 cm³/mol. The summed E-state index contributed by atoms with van der Waals surface area (Å²) in [6.07, 6.45) is 5.15. The summed E-state index contributed by atoms with van der Waals surface area (Å²) >= 11 is 0. The molecule has 0 aliphatic heterocycles. The molecule has 92 valence electrons. The van der Waals surface area contributed by atoms with E-state index in [0.29, 0.717) is 5.56 Å². The van der Waals surface area contributed by atoms with Crippen LogP contribution in [0.25, 0.3) is 0 Å². The molecule has 0 radical (unpaired) electrons. The summed E-state index contributed by atoms with van der Waals surface area (Å²) in [6.45, 7) is 2.80. The highest BCUT2D eigenvalue weighted by molar-refractivity contribution is 5.95. The van der Waals surface area contributed by atoms with Crippen molar-refractivity contribution >= 4 is 11.7 Å². The van der Waals surface area contributed by atoms with Crippen molar-refractivity contribution in [3.05, 3.63) is 29.3 Å². The molecule has 0 spiro atoms. The number of anilines is 1. The average molecular weight is 233 g/mol. The maximum Gasteiger partial charge on any atom is 0.337 e. The third-order valence-corrected chi connectivity index (χ3v) is 3.29. The zero-order valence-electron chi connectivity index (χ0n) is 10.2. The van der Waals surface area contributed by atoms with Crippen LogP contribution < -0.4 is 5.32 Å². The Balaban J connectivity index is 1.94. The van der Waals surface area contributed by atoms with E-state index in [1.165, 1.54) is 19.3 Å². The number of aromatic carboxylic acids is 1. The summed E-state index contributed by atoms with van der Waals surface area (Å²) in [5, 5.41) is 12.4. The fourth-order valence-corrected chi connectivity index (χ4v) is 2.09. The van der Waals surface area contributed by atoms with Gasteiger partial charge in [-0.15, -0.1) is 0 Å². The van der Waals surface area contributed by atoms with Gasteiger partial charge in [-0.3, -0.25) is 0 Å². The molecule has 1 aromatic carbocycles. The Morgan fingerprint density at radius 3 is 2.88 bits per heavy atom. The van der Waals surface area contributed by atoms with E-state index in [1.54, 1.807) is 12.1 Å². The van der Waals surface area contributed by atoms with Crippen LogP contribution in [0, 0.1) is 12.8 Å². The first kappa shape index (κ1) is 12.0. The number of aryl methyl sites for hydroxylation is 1. The molecule has 0 amide bonds. The van der Waals surface area contributed by atoms with Crippen LogP contribution >= 0.6 is 0 Å². The summed E-state index contributed by atoms with van der Waals surface area (Å²) in [6, 6.07) is 5.38. The highest BCUT2D eigenvalue weighted by Gasteiger charge is 2.20. The molecular formula is C14H19NO2. The maximum absolute atomic E-state index is 11.1. The molecular weight excluding hydrogens is 214 g/mol. The van der Waals surface area contributed by atoms with E-state index in [1.807, 2.05) is 13.0 Å². The van der Waals surface area contributed by atoms with E-state index in [4.69, 9.17) is 5.11 Å². The molecule has 2 rings (SSSR count). The second-order valence-electron chi connectivity index (χ2n) is 4.82. The van der Waals surface area contributed by atoms with Crippen molar-refractivity contribution in [2.45, 2.75) is 32.6 Å². The van der Waals surface area contributed by atoms with Gasteiger partial charge in [0.15, 0.2) is 0 Å². The topological polar surface area (TPSA) is 49.3 Å². The Hall–Kier alpha value is -1.51. The standard InChI is InChI=1S/C14H19NO2/c1-10-4-2-6-12(14(16)17)13(10)15-9-3-5-11-7-8-11/h2,4,6,11,15H,3,5,7-9H2,1H3,(H,16,17). The molecule has 1 fully saturated rings.